The van der Waals surface area contributed by atoms with Crippen LogP contribution in [0.15, 0.2) is 76.2 Å². The van der Waals surface area contributed by atoms with Gasteiger partial charge in [0.1, 0.15) is 17.0 Å². The minimum absolute atomic E-state index is 0.00703. The molecule has 4 aromatic rings. The van der Waals surface area contributed by atoms with Crippen LogP contribution in [0.25, 0.3) is 11.0 Å². The number of carbonyl (C=O) groups excluding carboxylic acids is 1. The van der Waals surface area contributed by atoms with E-state index >= 15 is 0 Å². The number of carbonyl (C=O) groups is 1. The second kappa shape index (κ2) is 9.05. The summed E-state index contributed by atoms with van der Waals surface area (Å²) in [7, 11) is 0. The molecule has 0 spiro atoms. The van der Waals surface area contributed by atoms with Gasteiger partial charge in [-0.1, -0.05) is 36.4 Å². The van der Waals surface area contributed by atoms with Crippen LogP contribution in [0.3, 0.4) is 0 Å². The monoisotopic (exact) mass is 481 g/mol. The van der Waals surface area contributed by atoms with E-state index in [2.05, 4.69) is 4.98 Å². The van der Waals surface area contributed by atoms with E-state index in [9.17, 15) is 22.8 Å². The van der Waals surface area contributed by atoms with Crippen molar-refractivity contribution in [1.29, 1.82) is 0 Å². The van der Waals surface area contributed by atoms with Gasteiger partial charge in [-0.3, -0.25) is 4.79 Å². The minimum atomic E-state index is -4.43. The van der Waals surface area contributed by atoms with Gasteiger partial charge in [-0.05, 0) is 36.6 Å². The Bertz CT molecular complexity index is 1430. The van der Waals surface area contributed by atoms with Crippen LogP contribution in [-0.4, -0.2) is 33.4 Å². The summed E-state index contributed by atoms with van der Waals surface area (Å²) in [5.41, 5.74) is -0.738. The molecule has 6 nitrogen and oxygen atoms in total. The molecular weight excluding hydrogens is 459 g/mol. The van der Waals surface area contributed by atoms with E-state index in [-0.39, 0.29) is 29.5 Å². The van der Waals surface area contributed by atoms with Crippen molar-refractivity contribution in [2.75, 3.05) is 13.1 Å². The number of rotatable bonds is 4. The van der Waals surface area contributed by atoms with Crippen LogP contribution in [0.5, 0.6) is 0 Å². The molecule has 0 aliphatic carbocycles. The fraction of sp³-hybridized carbons (Fsp3) is 0.269. The molecule has 2 aromatic carbocycles. The predicted octanol–water partition coefficient (Wildman–Crippen LogP) is 5.08. The number of imidazole rings is 1. The summed E-state index contributed by atoms with van der Waals surface area (Å²) in [5.74, 6) is 0.296. The molecular formula is C26H22F3N3O3. The molecule has 3 heterocycles. The first-order chi connectivity index (χ1) is 16.8. The van der Waals surface area contributed by atoms with Gasteiger partial charge >= 0.3 is 11.8 Å². The minimum Gasteiger partial charge on any atom is -0.422 e. The average molecular weight is 481 g/mol. The van der Waals surface area contributed by atoms with Crippen LogP contribution in [0, 0.1) is 0 Å². The molecule has 0 radical (unpaired) electrons. The number of aromatic nitrogens is 2. The maximum atomic E-state index is 13.4. The Balaban J connectivity index is 1.30. The van der Waals surface area contributed by atoms with Crippen molar-refractivity contribution in [1.82, 2.24) is 14.5 Å². The Morgan fingerprint density at radius 1 is 1.06 bits per heavy atom. The molecule has 0 N–H and O–H groups in total. The summed E-state index contributed by atoms with van der Waals surface area (Å²) in [4.78, 5) is 31.4. The largest absolute Gasteiger partial charge is 0.422 e. The van der Waals surface area contributed by atoms with Gasteiger partial charge in [0.05, 0.1) is 5.56 Å². The van der Waals surface area contributed by atoms with Gasteiger partial charge in [-0.15, -0.1) is 0 Å². The summed E-state index contributed by atoms with van der Waals surface area (Å²) in [6.45, 7) is 0.867. The highest BCUT2D eigenvalue weighted by Gasteiger charge is 2.33. The Morgan fingerprint density at radius 2 is 1.77 bits per heavy atom. The van der Waals surface area contributed by atoms with Crippen molar-refractivity contribution < 1.29 is 22.4 Å². The van der Waals surface area contributed by atoms with Crippen LogP contribution in [-0.2, 0) is 12.7 Å². The van der Waals surface area contributed by atoms with Crippen LogP contribution >= 0.6 is 0 Å². The van der Waals surface area contributed by atoms with Crippen molar-refractivity contribution in [2.45, 2.75) is 31.5 Å². The van der Waals surface area contributed by atoms with Crippen LogP contribution in [0.1, 0.15) is 46.1 Å². The molecule has 0 atom stereocenters. The highest BCUT2D eigenvalue weighted by atomic mass is 19.4. The number of hydrogen-bond donors (Lipinski definition) is 0. The fourth-order valence-electron chi connectivity index (χ4n) is 4.65. The van der Waals surface area contributed by atoms with E-state index in [0.29, 0.717) is 42.7 Å². The molecule has 1 aliphatic heterocycles. The highest BCUT2D eigenvalue weighted by molar-refractivity contribution is 5.96. The number of likely N-dealkylation sites (tertiary alicyclic amines) is 1. The van der Waals surface area contributed by atoms with Crippen molar-refractivity contribution in [2.24, 2.45) is 0 Å². The molecule has 180 valence electrons. The third kappa shape index (κ3) is 4.58. The number of para-hydroxylation sites is 1. The normalized spacial score (nSPS) is 15.0. The fourth-order valence-corrected chi connectivity index (χ4v) is 4.65. The molecule has 1 fully saturated rings. The Kier molecular flexibility index (Phi) is 5.92. The van der Waals surface area contributed by atoms with Gasteiger partial charge in [-0.25, -0.2) is 9.78 Å². The summed E-state index contributed by atoms with van der Waals surface area (Å²) >= 11 is 0. The van der Waals surface area contributed by atoms with Gasteiger partial charge in [0.2, 0.25) is 0 Å². The lowest BCUT2D eigenvalue weighted by Crippen LogP contribution is -2.40. The number of nitrogens with zero attached hydrogens (tertiary/aromatic N) is 3. The number of fused-ring (bicyclic) bond motifs is 1. The zero-order chi connectivity index (χ0) is 24.6. The molecule has 9 heteroatoms. The summed E-state index contributed by atoms with van der Waals surface area (Å²) in [5, 5.41) is 0.673. The van der Waals surface area contributed by atoms with Crippen LogP contribution in [0.4, 0.5) is 13.2 Å². The molecule has 1 amide bonds. The average Bonchev–Trinajstić information content (AvgIpc) is 3.31. The first-order valence-electron chi connectivity index (χ1n) is 11.3. The first kappa shape index (κ1) is 22.9. The van der Waals surface area contributed by atoms with Crippen molar-refractivity contribution >= 4 is 16.9 Å². The predicted molar refractivity (Wildman–Crippen MR) is 123 cm³/mol. The molecule has 0 saturated carbocycles. The van der Waals surface area contributed by atoms with E-state index in [1.54, 1.807) is 58.3 Å². The Morgan fingerprint density at radius 3 is 2.54 bits per heavy atom. The van der Waals surface area contributed by atoms with Crippen molar-refractivity contribution in [3.8, 4) is 0 Å². The molecule has 2 aromatic heterocycles. The summed E-state index contributed by atoms with van der Waals surface area (Å²) in [6, 6.07) is 14.1. The number of alkyl halides is 3. The molecule has 0 bridgehead atoms. The standard InChI is InChI=1S/C26H22F3N3O3/c27-26(28,29)21-7-3-1-6-19(21)16-32-14-11-30-23(32)17-9-12-31(13-10-17)24(33)20-15-18-5-2-4-8-22(18)35-25(20)34/h1-8,11,14-15,17H,9-10,12-13,16H2. The van der Waals surface area contributed by atoms with E-state index in [1.807, 2.05) is 0 Å². The number of halogens is 3. The molecule has 5 rings (SSSR count). The maximum absolute atomic E-state index is 13.4. The number of piperidine rings is 1. The van der Waals surface area contributed by atoms with E-state index in [4.69, 9.17) is 4.42 Å². The molecule has 0 unspecified atom stereocenters. The van der Waals surface area contributed by atoms with Gasteiger partial charge in [-0.2, -0.15) is 13.2 Å². The Hall–Kier alpha value is -3.88. The second-order valence-electron chi connectivity index (χ2n) is 8.62. The van der Waals surface area contributed by atoms with Gasteiger partial charge < -0.3 is 13.9 Å². The lowest BCUT2D eigenvalue weighted by atomic mass is 9.95. The van der Waals surface area contributed by atoms with Gasteiger partial charge in [0, 0.05) is 43.3 Å². The molecule has 35 heavy (non-hydrogen) atoms. The number of hydrogen-bond acceptors (Lipinski definition) is 4. The third-order valence-electron chi connectivity index (χ3n) is 6.43. The Labute approximate surface area is 198 Å². The zero-order valence-electron chi connectivity index (χ0n) is 18.7. The number of amides is 1. The zero-order valence-corrected chi connectivity index (χ0v) is 18.7. The summed E-state index contributed by atoms with van der Waals surface area (Å²) < 4.78 is 47.3. The highest BCUT2D eigenvalue weighted by Crippen LogP contribution is 2.33. The second-order valence-corrected chi connectivity index (χ2v) is 8.62. The summed E-state index contributed by atoms with van der Waals surface area (Å²) in [6.07, 6.45) is 0.00728. The van der Waals surface area contributed by atoms with E-state index in [1.165, 1.54) is 12.1 Å². The lowest BCUT2D eigenvalue weighted by molar-refractivity contribution is -0.138. The van der Waals surface area contributed by atoms with Crippen molar-refractivity contribution in [3.05, 3.63) is 99.9 Å². The SMILES string of the molecule is O=C(c1cc2ccccc2oc1=O)N1CCC(c2nccn2Cc2ccccc2C(F)(F)F)CC1. The van der Waals surface area contributed by atoms with Crippen LogP contribution < -0.4 is 5.63 Å². The topological polar surface area (TPSA) is 68.3 Å². The third-order valence-corrected chi connectivity index (χ3v) is 6.43. The van der Waals surface area contributed by atoms with Gasteiger partial charge in [0.15, 0.2) is 0 Å². The van der Waals surface area contributed by atoms with E-state index < -0.39 is 17.4 Å². The molecule has 1 saturated heterocycles. The van der Waals surface area contributed by atoms with Crippen LogP contribution in [0.2, 0.25) is 0 Å². The smallest absolute Gasteiger partial charge is 0.416 e. The number of benzene rings is 2. The lowest BCUT2D eigenvalue weighted by Gasteiger charge is -2.32. The van der Waals surface area contributed by atoms with Crippen molar-refractivity contribution in [3.63, 3.8) is 0 Å². The first-order valence-corrected chi connectivity index (χ1v) is 11.3. The van der Waals surface area contributed by atoms with Gasteiger partial charge in [0.25, 0.3) is 5.91 Å². The van der Waals surface area contributed by atoms with E-state index in [0.717, 1.165) is 6.07 Å². The maximum Gasteiger partial charge on any atom is 0.416 e. The molecule has 1 aliphatic rings. The quantitative estimate of drug-likeness (QED) is 0.382.